The van der Waals surface area contributed by atoms with Crippen LogP contribution in [-0.4, -0.2) is 35.3 Å². The van der Waals surface area contributed by atoms with Crippen molar-refractivity contribution in [3.8, 4) is 0 Å². The molecule has 1 aromatic carbocycles. The lowest BCUT2D eigenvalue weighted by atomic mass is 10.1. The Bertz CT molecular complexity index is 640. The molecule has 1 aromatic rings. The smallest absolute Gasteiger partial charge is 0.267 e. The van der Waals surface area contributed by atoms with E-state index in [0.29, 0.717) is 24.2 Å². The SMILES string of the molecule is CC[C@H](O)CNC(=O)C1=NN(c2cc(C)ccc2C)C(=O)CC1. The third kappa shape index (κ3) is 4.16. The summed E-state index contributed by atoms with van der Waals surface area (Å²) in [5, 5.41) is 17.7. The molecule has 0 saturated heterocycles. The van der Waals surface area contributed by atoms with Crippen molar-refractivity contribution in [3.05, 3.63) is 29.3 Å². The van der Waals surface area contributed by atoms with Gasteiger partial charge in [0.05, 0.1) is 11.8 Å². The molecule has 1 aliphatic rings. The summed E-state index contributed by atoms with van der Waals surface area (Å²) in [6.07, 6.45) is 0.559. The maximum atomic E-state index is 12.2. The zero-order chi connectivity index (χ0) is 17.0. The van der Waals surface area contributed by atoms with Crippen LogP contribution < -0.4 is 10.3 Å². The van der Waals surface area contributed by atoms with E-state index in [-0.39, 0.29) is 24.8 Å². The summed E-state index contributed by atoms with van der Waals surface area (Å²) in [5.41, 5.74) is 2.97. The van der Waals surface area contributed by atoms with Crippen LogP contribution in [0.1, 0.15) is 37.3 Å². The number of benzene rings is 1. The second kappa shape index (κ2) is 7.37. The van der Waals surface area contributed by atoms with Gasteiger partial charge in [-0.25, -0.2) is 5.01 Å². The Hall–Kier alpha value is -2.21. The number of aliphatic hydroxyl groups is 1. The number of nitrogens with one attached hydrogen (secondary N) is 1. The van der Waals surface area contributed by atoms with Crippen LogP contribution in [0.3, 0.4) is 0 Å². The van der Waals surface area contributed by atoms with Crippen LogP contribution in [0.25, 0.3) is 0 Å². The van der Waals surface area contributed by atoms with E-state index in [0.717, 1.165) is 11.1 Å². The van der Waals surface area contributed by atoms with Crippen molar-refractivity contribution in [2.75, 3.05) is 11.6 Å². The van der Waals surface area contributed by atoms with Gasteiger partial charge in [0.2, 0.25) is 5.91 Å². The number of aliphatic hydroxyl groups excluding tert-OH is 1. The molecule has 23 heavy (non-hydrogen) atoms. The fourth-order valence-corrected chi connectivity index (χ4v) is 2.31. The molecule has 1 aliphatic heterocycles. The zero-order valence-electron chi connectivity index (χ0n) is 13.8. The number of rotatable bonds is 5. The number of nitrogens with zero attached hydrogens (tertiary/aromatic N) is 2. The predicted molar refractivity (Wildman–Crippen MR) is 89.4 cm³/mol. The number of amides is 2. The Morgan fingerprint density at radius 2 is 2.13 bits per heavy atom. The van der Waals surface area contributed by atoms with Gasteiger partial charge >= 0.3 is 0 Å². The Balaban J connectivity index is 2.21. The largest absolute Gasteiger partial charge is 0.391 e. The minimum atomic E-state index is -0.570. The van der Waals surface area contributed by atoms with E-state index >= 15 is 0 Å². The van der Waals surface area contributed by atoms with E-state index in [1.54, 1.807) is 0 Å². The molecule has 1 atom stereocenters. The van der Waals surface area contributed by atoms with Crippen LogP contribution in [0.2, 0.25) is 0 Å². The topological polar surface area (TPSA) is 82.0 Å². The average Bonchev–Trinajstić information content (AvgIpc) is 2.55. The van der Waals surface area contributed by atoms with Crippen molar-refractivity contribution >= 4 is 23.2 Å². The minimum absolute atomic E-state index is 0.121. The lowest BCUT2D eigenvalue weighted by molar-refractivity contribution is -0.119. The number of aryl methyl sites for hydroxylation is 2. The van der Waals surface area contributed by atoms with E-state index in [1.807, 2.05) is 39.0 Å². The van der Waals surface area contributed by atoms with Gasteiger partial charge in [0.1, 0.15) is 5.71 Å². The normalized spacial score (nSPS) is 16.1. The van der Waals surface area contributed by atoms with E-state index in [2.05, 4.69) is 10.4 Å². The fourth-order valence-electron chi connectivity index (χ4n) is 2.31. The van der Waals surface area contributed by atoms with Crippen LogP contribution in [0, 0.1) is 13.8 Å². The van der Waals surface area contributed by atoms with Crippen LogP contribution in [0.4, 0.5) is 5.69 Å². The molecule has 2 rings (SSSR count). The van der Waals surface area contributed by atoms with Crippen LogP contribution in [0.5, 0.6) is 0 Å². The predicted octanol–water partition coefficient (Wildman–Crippen LogP) is 1.67. The number of hydrogen-bond donors (Lipinski definition) is 2. The Morgan fingerprint density at radius 1 is 1.39 bits per heavy atom. The lowest BCUT2D eigenvalue weighted by Crippen LogP contribution is -2.41. The highest BCUT2D eigenvalue weighted by atomic mass is 16.3. The van der Waals surface area contributed by atoms with E-state index in [9.17, 15) is 14.7 Å². The first kappa shape index (κ1) is 17.1. The zero-order valence-corrected chi connectivity index (χ0v) is 13.8. The molecule has 6 heteroatoms. The molecule has 0 bridgehead atoms. The molecule has 1 heterocycles. The van der Waals surface area contributed by atoms with E-state index in [4.69, 9.17) is 0 Å². The molecule has 2 N–H and O–H groups in total. The molecule has 0 saturated carbocycles. The first-order valence-corrected chi connectivity index (χ1v) is 7.86. The van der Waals surface area contributed by atoms with Gasteiger partial charge in [-0.15, -0.1) is 0 Å². The monoisotopic (exact) mass is 317 g/mol. The van der Waals surface area contributed by atoms with Crippen molar-refractivity contribution in [2.45, 2.75) is 46.1 Å². The molecule has 124 valence electrons. The maximum Gasteiger partial charge on any atom is 0.267 e. The first-order chi connectivity index (χ1) is 10.9. The first-order valence-electron chi connectivity index (χ1n) is 7.86. The van der Waals surface area contributed by atoms with Crippen molar-refractivity contribution in [2.24, 2.45) is 5.10 Å². The summed E-state index contributed by atoms with van der Waals surface area (Å²) in [6.45, 7) is 5.88. The van der Waals surface area contributed by atoms with Crippen molar-refractivity contribution in [1.82, 2.24) is 5.32 Å². The molecule has 0 radical (unpaired) electrons. The maximum absolute atomic E-state index is 12.2. The minimum Gasteiger partial charge on any atom is -0.391 e. The summed E-state index contributed by atoms with van der Waals surface area (Å²) < 4.78 is 0. The van der Waals surface area contributed by atoms with Gasteiger partial charge in [0, 0.05) is 19.4 Å². The Labute approximate surface area is 136 Å². The van der Waals surface area contributed by atoms with Crippen molar-refractivity contribution in [3.63, 3.8) is 0 Å². The highest BCUT2D eigenvalue weighted by Crippen LogP contribution is 2.25. The number of anilines is 1. The second-order valence-electron chi connectivity index (χ2n) is 5.81. The highest BCUT2D eigenvalue weighted by Gasteiger charge is 2.26. The molecular weight excluding hydrogens is 294 g/mol. The van der Waals surface area contributed by atoms with Gasteiger partial charge in [0.15, 0.2) is 0 Å². The number of hydrazone groups is 1. The molecule has 0 spiro atoms. The summed E-state index contributed by atoms with van der Waals surface area (Å²) in [5.74, 6) is -0.454. The molecule has 0 fully saturated rings. The molecular formula is C17H23N3O3. The quantitative estimate of drug-likeness (QED) is 0.867. The molecule has 6 nitrogen and oxygen atoms in total. The van der Waals surface area contributed by atoms with Crippen molar-refractivity contribution in [1.29, 1.82) is 0 Å². The summed E-state index contributed by atoms with van der Waals surface area (Å²) in [7, 11) is 0. The summed E-state index contributed by atoms with van der Waals surface area (Å²) in [4.78, 5) is 24.3. The van der Waals surface area contributed by atoms with E-state index in [1.165, 1.54) is 5.01 Å². The van der Waals surface area contributed by atoms with Crippen LogP contribution in [0.15, 0.2) is 23.3 Å². The van der Waals surface area contributed by atoms with Crippen LogP contribution >= 0.6 is 0 Å². The van der Waals surface area contributed by atoms with Crippen LogP contribution in [-0.2, 0) is 9.59 Å². The molecule has 0 unspecified atom stereocenters. The summed E-state index contributed by atoms with van der Waals surface area (Å²) >= 11 is 0. The van der Waals surface area contributed by atoms with Crippen molar-refractivity contribution < 1.29 is 14.7 Å². The highest BCUT2D eigenvalue weighted by molar-refractivity contribution is 6.40. The fraction of sp³-hybridized carbons (Fsp3) is 0.471. The average molecular weight is 317 g/mol. The number of hydrogen-bond acceptors (Lipinski definition) is 4. The lowest BCUT2D eigenvalue weighted by Gasteiger charge is -2.25. The van der Waals surface area contributed by atoms with Gasteiger partial charge in [-0.05, 0) is 37.5 Å². The number of carbonyl (C=O) groups is 2. The third-order valence-corrected chi connectivity index (χ3v) is 3.86. The van der Waals surface area contributed by atoms with Gasteiger partial charge < -0.3 is 10.4 Å². The van der Waals surface area contributed by atoms with Gasteiger partial charge in [-0.2, -0.15) is 5.10 Å². The molecule has 2 amide bonds. The second-order valence-corrected chi connectivity index (χ2v) is 5.81. The molecule has 0 aliphatic carbocycles. The Morgan fingerprint density at radius 3 is 2.83 bits per heavy atom. The Kier molecular flexibility index (Phi) is 5.50. The van der Waals surface area contributed by atoms with Gasteiger partial charge in [-0.3, -0.25) is 9.59 Å². The molecule has 0 aromatic heterocycles. The number of carbonyl (C=O) groups excluding carboxylic acids is 2. The van der Waals surface area contributed by atoms with Gasteiger partial charge in [-0.1, -0.05) is 19.1 Å². The standard InChI is InChI=1S/C17H23N3O3/c1-4-13(21)10-18-17(23)14-7-8-16(22)20(19-14)15-9-11(2)5-6-12(15)3/h5-6,9,13,21H,4,7-8,10H2,1-3H3,(H,18,23)/t13-/m0/s1. The van der Waals surface area contributed by atoms with Gasteiger partial charge in [0.25, 0.3) is 5.91 Å². The third-order valence-electron chi connectivity index (χ3n) is 3.86. The summed E-state index contributed by atoms with van der Waals surface area (Å²) in [6, 6.07) is 5.79. The van der Waals surface area contributed by atoms with E-state index < -0.39 is 6.10 Å².